The van der Waals surface area contributed by atoms with E-state index in [9.17, 15) is 4.79 Å². The number of ether oxygens (including phenoxy) is 2. The fourth-order valence-corrected chi connectivity index (χ4v) is 2.26. The van der Waals surface area contributed by atoms with Crippen LogP contribution in [0.2, 0.25) is 0 Å². The van der Waals surface area contributed by atoms with Crippen LogP contribution in [0.1, 0.15) is 26.3 Å². The standard InChI is InChI=1S/C17H27N5O3/c1-17(2,3)25-16(23)22-10-13(11-22)21-15(18-4)20-9-12-6-7-14(24-5)19-8-12/h6-8,13H,9-11H2,1-5H3,(H2,18,20,21). The molecule has 0 aromatic carbocycles. The van der Waals surface area contributed by atoms with Gasteiger partial charge in [-0.1, -0.05) is 6.07 Å². The van der Waals surface area contributed by atoms with Crippen LogP contribution in [0.4, 0.5) is 4.79 Å². The van der Waals surface area contributed by atoms with Crippen molar-refractivity contribution in [2.45, 2.75) is 39.0 Å². The van der Waals surface area contributed by atoms with Crippen LogP contribution in [-0.4, -0.2) is 60.8 Å². The van der Waals surface area contributed by atoms with Gasteiger partial charge in [0.15, 0.2) is 5.96 Å². The number of likely N-dealkylation sites (tertiary alicyclic amines) is 1. The third-order valence-electron chi connectivity index (χ3n) is 3.56. The van der Waals surface area contributed by atoms with Crippen LogP contribution < -0.4 is 15.4 Å². The minimum Gasteiger partial charge on any atom is -0.481 e. The number of methoxy groups -OCH3 is 1. The van der Waals surface area contributed by atoms with Crippen molar-refractivity contribution < 1.29 is 14.3 Å². The van der Waals surface area contributed by atoms with Gasteiger partial charge in [0.25, 0.3) is 0 Å². The smallest absolute Gasteiger partial charge is 0.410 e. The topological polar surface area (TPSA) is 88.1 Å². The van der Waals surface area contributed by atoms with E-state index >= 15 is 0 Å². The molecule has 2 heterocycles. The lowest BCUT2D eigenvalue weighted by Crippen LogP contribution is -2.63. The molecule has 1 saturated heterocycles. The predicted molar refractivity (Wildman–Crippen MR) is 95.7 cm³/mol. The van der Waals surface area contributed by atoms with Gasteiger partial charge in [0.2, 0.25) is 5.88 Å². The molecule has 1 amide bonds. The van der Waals surface area contributed by atoms with E-state index < -0.39 is 5.60 Å². The van der Waals surface area contributed by atoms with Crippen molar-refractivity contribution in [3.63, 3.8) is 0 Å². The van der Waals surface area contributed by atoms with Gasteiger partial charge in [-0.3, -0.25) is 4.99 Å². The molecule has 1 aliphatic rings. The quantitative estimate of drug-likeness (QED) is 0.631. The first-order chi connectivity index (χ1) is 11.8. The Balaban J connectivity index is 1.73. The number of aliphatic imine (C=N–C) groups is 1. The maximum atomic E-state index is 11.9. The van der Waals surface area contributed by atoms with Gasteiger partial charge >= 0.3 is 6.09 Å². The summed E-state index contributed by atoms with van der Waals surface area (Å²) >= 11 is 0. The average molecular weight is 349 g/mol. The third kappa shape index (κ3) is 5.81. The number of hydrogen-bond acceptors (Lipinski definition) is 5. The number of nitrogens with zero attached hydrogens (tertiary/aromatic N) is 3. The normalized spacial score (nSPS) is 15.4. The number of pyridine rings is 1. The molecule has 2 N–H and O–H groups in total. The van der Waals surface area contributed by atoms with Gasteiger partial charge in [-0.25, -0.2) is 9.78 Å². The molecule has 0 aliphatic carbocycles. The second-order valence-electron chi connectivity index (χ2n) is 6.86. The lowest BCUT2D eigenvalue weighted by molar-refractivity contribution is 0.00701. The first kappa shape index (κ1) is 18.8. The molecule has 0 radical (unpaired) electrons. The molecule has 0 spiro atoms. The average Bonchev–Trinajstić information content (AvgIpc) is 2.51. The van der Waals surface area contributed by atoms with Gasteiger partial charge in [0.1, 0.15) is 5.60 Å². The first-order valence-corrected chi connectivity index (χ1v) is 8.25. The third-order valence-corrected chi connectivity index (χ3v) is 3.56. The number of rotatable bonds is 4. The summed E-state index contributed by atoms with van der Waals surface area (Å²) in [4.78, 5) is 22.0. The highest BCUT2D eigenvalue weighted by molar-refractivity contribution is 5.80. The Morgan fingerprint density at radius 1 is 1.40 bits per heavy atom. The van der Waals surface area contributed by atoms with Gasteiger partial charge in [0, 0.05) is 38.9 Å². The summed E-state index contributed by atoms with van der Waals surface area (Å²) in [7, 11) is 3.30. The lowest BCUT2D eigenvalue weighted by Gasteiger charge is -2.40. The Bertz CT molecular complexity index is 604. The highest BCUT2D eigenvalue weighted by Crippen LogP contribution is 2.15. The minimum absolute atomic E-state index is 0.160. The molecule has 1 aliphatic heterocycles. The van der Waals surface area contributed by atoms with Crippen molar-refractivity contribution in [2.24, 2.45) is 4.99 Å². The summed E-state index contributed by atoms with van der Waals surface area (Å²) in [6.45, 7) is 7.37. The second kappa shape index (κ2) is 8.04. The van der Waals surface area contributed by atoms with Crippen LogP contribution in [0, 0.1) is 0 Å². The molecule has 0 unspecified atom stereocenters. The summed E-state index contributed by atoms with van der Waals surface area (Å²) < 4.78 is 10.4. The fourth-order valence-electron chi connectivity index (χ4n) is 2.26. The van der Waals surface area contributed by atoms with Crippen LogP contribution in [0.25, 0.3) is 0 Å². The first-order valence-electron chi connectivity index (χ1n) is 8.25. The fraction of sp³-hybridized carbons (Fsp3) is 0.588. The van der Waals surface area contributed by atoms with Crippen LogP contribution in [0.5, 0.6) is 5.88 Å². The molecule has 138 valence electrons. The Kier molecular flexibility index (Phi) is 6.06. The zero-order valence-electron chi connectivity index (χ0n) is 15.5. The highest BCUT2D eigenvalue weighted by atomic mass is 16.6. The van der Waals surface area contributed by atoms with Crippen molar-refractivity contribution >= 4 is 12.1 Å². The molecule has 0 saturated carbocycles. The molecule has 0 atom stereocenters. The number of nitrogens with one attached hydrogen (secondary N) is 2. The molecular formula is C17H27N5O3. The van der Waals surface area contributed by atoms with Crippen molar-refractivity contribution in [3.8, 4) is 5.88 Å². The lowest BCUT2D eigenvalue weighted by atomic mass is 10.1. The van der Waals surface area contributed by atoms with E-state index in [1.54, 1.807) is 25.3 Å². The van der Waals surface area contributed by atoms with Crippen molar-refractivity contribution in [1.82, 2.24) is 20.5 Å². The zero-order chi connectivity index (χ0) is 18.4. The summed E-state index contributed by atoms with van der Waals surface area (Å²) in [5.41, 5.74) is 0.548. The second-order valence-corrected chi connectivity index (χ2v) is 6.86. The van der Waals surface area contributed by atoms with Gasteiger partial charge in [-0.15, -0.1) is 0 Å². The number of aromatic nitrogens is 1. The van der Waals surface area contributed by atoms with Crippen LogP contribution in [0.15, 0.2) is 23.3 Å². The molecule has 2 rings (SSSR count). The Labute approximate surface area is 148 Å². The van der Waals surface area contributed by atoms with Gasteiger partial charge in [-0.2, -0.15) is 0 Å². The molecule has 1 aromatic rings. The van der Waals surface area contributed by atoms with Gasteiger partial charge in [0.05, 0.1) is 13.2 Å². The summed E-state index contributed by atoms with van der Waals surface area (Å²) in [5, 5.41) is 6.52. The maximum absolute atomic E-state index is 11.9. The molecule has 1 aromatic heterocycles. The van der Waals surface area contributed by atoms with Crippen molar-refractivity contribution in [3.05, 3.63) is 23.9 Å². The van der Waals surface area contributed by atoms with E-state index in [0.29, 0.717) is 31.5 Å². The predicted octanol–water partition coefficient (Wildman–Crippen LogP) is 1.37. The van der Waals surface area contributed by atoms with E-state index in [0.717, 1.165) is 5.56 Å². The molecule has 8 heteroatoms. The summed E-state index contributed by atoms with van der Waals surface area (Å²) in [5.74, 6) is 1.27. The van der Waals surface area contributed by atoms with Crippen LogP contribution in [0.3, 0.4) is 0 Å². The monoisotopic (exact) mass is 349 g/mol. The SMILES string of the molecule is CN=C(NCc1ccc(OC)nc1)NC1CN(C(=O)OC(C)(C)C)C1. The van der Waals surface area contributed by atoms with Crippen LogP contribution >= 0.6 is 0 Å². The molecule has 0 bridgehead atoms. The van der Waals surface area contributed by atoms with Crippen molar-refractivity contribution in [2.75, 3.05) is 27.2 Å². The maximum Gasteiger partial charge on any atom is 0.410 e. The van der Waals surface area contributed by atoms with E-state index in [1.165, 1.54) is 0 Å². The number of amides is 1. The van der Waals surface area contributed by atoms with E-state index in [1.807, 2.05) is 32.9 Å². The number of hydrogen-bond donors (Lipinski definition) is 2. The Morgan fingerprint density at radius 2 is 2.12 bits per heavy atom. The summed E-state index contributed by atoms with van der Waals surface area (Å²) in [6, 6.07) is 3.92. The number of guanidine groups is 1. The van der Waals surface area contributed by atoms with Crippen molar-refractivity contribution in [1.29, 1.82) is 0 Å². The van der Waals surface area contributed by atoms with Gasteiger partial charge in [-0.05, 0) is 26.3 Å². The molecule has 1 fully saturated rings. The molecule has 25 heavy (non-hydrogen) atoms. The number of carbonyl (C=O) groups excluding carboxylic acids is 1. The Hall–Kier alpha value is -2.51. The van der Waals surface area contributed by atoms with Crippen LogP contribution in [-0.2, 0) is 11.3 Å². The van der Waals surface area contributed by atoms with E-state index in [-0.39, 0.29) is 12.1 Å². The largest absolute Gasteiger partial charge is 0.481 e. The Morgan fingerprint density at radius 3 is 2.64 bits per heavy atom. The minimum atomic E-state index is -0.473. The zero-order valence-corrected chi connectivity index (χ0v) is 15.5. The molecule has 8 nitrogen and oxygen atoms in total. The highest BCUT2D eigenvalue weighted by Gasteiger charge is 2.34. The van der Waals surface area contributed by atoms with E-state index in [2.05, 4.69) is 20.6 Å². The summed E-state index contributed by atoms with van der Waals surface area (Å²) in [6.07, 6.45) is 1.48. The molecular weight excluding hydrogens is 322 g/mol. The van der Waals surface area contributed by atoms with E-state index in [4.69, 9.17) is 9.47 Å². The van der Waals surface area contributed by atoms with Gasteiger partial charge < -0.3 is 25.0 Å². The number of carbonyl (C=O) groups is 1.